The van der Waals surface area contributed by atoms with Gasteiger partial charge in [0.15, 0.2) is 0 Å². The Morgan fingerprint density at radius 3 is 2.62 bits per heavy atom. The maximum atomic E-state index is 14.1. The number of nitrogens with one attached hydrogen (secondary N) is 1. The van der Waals surface area contributed by atoms with Crippen molar-refractivity contribution in [2.24, 2.45) is 0 Å². The molecule has 1 N–H and O–H groups in total. The molecule has 150 valence electrons. The van der Waals surface area contributed by atoms with E-state index in [2.05, 4.69) is 5.32 Å². The Bertz CT molecular complexity index is 1000. The molecule has 0 aliphatic carbocycles. The number of non-ortho nitro benzene ring substituents is 1. The summed E-state index contributed by atoms with van der Waals surface area (Å²) >= 11 is 6.71. The summed E-state index contributed by atoms with van der Waals surface area (Å²) in [6, 6.07) is 9.05. The molecule has 1 unspecified atom stereocenters. The Kier molecular flexibility index (Phi) is 6.14. The first-order valence-corrected chi connectivity index (χ1v) is 9.66. The summed E-state index contributed by atoms with van der Waals surface area (Å²) < 4.78 is 14.1. The number of rotatable bonds is 6. The van der Waals surface area contributed by atoms with Crippen LogP contribution in [0.25, 0.3) is 0 Å². The summed E-state index contributed by atoms with van der Waals surface area (Å²) in [6.45, 7) is 0. The van der Waals surface area contributed by atoms with Gasteiger partial charge in [0, 0.05) is 29.3 Å². The van der Waals surface area contributed by atoms with Crippen molar-refractivity contribution in [3.63, 3.8) is 0 Å². The Morgan fingerprint density at radius 1 is 1.28 bits per heavy atom. The van der Waals surface area contributed by atoms with Gasteiger partial charge in [0.05, 0.1) is 21.6 Å². The lowest BCUT2D eigenvalue weighted by Gasteiger charge is -2.15. The highest BCUT2D eigenvalue weighted by atomic mass is 35.5. The fourth-order valence-electron chi connectivity index (χ4n) is 2.68. The monoisotopic (exact) mass is 437 g/mol. The molecule has 2 aromatic rings. The van der Waals surface area contributed by atoms with E-state index in [-0.39, 0.29) is 12.2 Å². The van der Waals surface area contributed by atoms with Crippen molar-refractivity contribution in [2.75, 3.05) is 16.0 Å². The SMILES string of the molecule is O=C(CSC1CC(=O)N(c2cc([N+](=O)[O-])ccc2F)C1=O)Nc1ccc(Cl)cc1. The van der Waals surface area contributed by atoms with Gasteiger partial charge in [-0.15, -0.1) is 11.8 Å². The Morgan fingerprint density at radius 2 is 1.97 bits per heavy atom. The number of hydrogen-bond donors (Lipinski definition) is 1. The Hall–Kier alpha value is -2.98. The Balaban J connectivity index is 1.66. The molecule has 3 amide bonds. The van der Waals surface area contributed by atoms with Gasteiger partial charge in [0.2, 0.25) is 17.7 Å². The van der Waals surface area contributed by atoms with Crippen molar-refractivity contribution < 1.29 is 23.7 Å². The molecular weight excluding hydrogens is 425 g/mol. The number of carbonyl (C=O) groups is 3. The summed E-state index contributed by atoms with van der Waals surface area (Å²) in [7, 11) is 0. The maximum absolute atomic E-state index is 14.1. The number of nitro benzene ring substituents is 1. The molecule has 1 heterocycles. The van der Waals surface area contributed by atoms with E-state index >= 15 is 0 Å². The number of benzene rings is 2. The van der Waals surface area contributed by atoms with Crippen LogP contribution in [0.5, 0.6) is 0 Å². The summed E-state index contributed by atoms with van der Waals surface area (Å²) in [4.78, 5) is 47.6. The molecule has 0 saturated carbocycles. The summed E-state index contributed by atoms with van der Waals surface area (Å²) in [5.74, 6) is -2.85. The minimum atomic E-state index is -0.927. The van der Waals surface area contributed by atoms with Crippen LogP contribution in [0.15, 0.2) is 42.5 Å². The van der Waals surface area contributed by atoms with Crippen molar-refractivity contribution in [1.29, 1.82) is 0 Å². The van der Waals surface area contributed by atoms with Crippen LogP contribution in [-0.2, 0) is 14.4 Å². The van der Waals surface area contributed by atoms with E-state index in [4.69, 9.17) is 11.6 Å². The van der Waals surface area contributed by atoms with E-state index in [1.807, 2.05) is 0 Å². The van der Waals surface area contributed by atoms with E-state index in [1.54, 1.807) is 24.3 Å². The highest BCUT2D eigenvalue weighted by molar-refractivity contribution is 8.01. The summed E-state index contributed by atoms with van der Waals surface area (Å²) in [6.07, 6.45) is -0.236. The summed E-state index contributed by atoms with van der Waals surface area (Å²) in [5.41, 5.74) is -0.391. The van der Waals surface area contributed by atoms with Crippen LogP contribution in [0.1, 0.15) is 6.42 Å². The number of nitro groups is 1. The predicted octanol–water partition coefficient (Wildman–Crippen LogP) is 3.39. The first-order valence-electron chi connectivity index (χ1n) is 8.24. The minimum absolute atomic E-state index is 0.114. The number of hydrogen-bond acceptors (Lipinski definition) is 6. The zero-order valence-electron chi connectivity index (χ0n) is 14.6. The maximum Gasteiger partial charge on any atom is 0.271 e. The predicted molar refractivity (Wildman–Crippen MR) is 106 cm³/mol. The third kappa shape index (κ3) is 4.72. The van der Waals surface area contributed by atoms with Gasteiger partial charge in [-0.05, 0) is 30.3 Å². The van der Waals surface area contributed by atoms with Gasteiger partial charge in [0.1, 0.15) is 5.82 Å². The third-order valence-electron chi connectivity index (χ3n) is 4.03. The van der Waals surface area contributed by atoms with Crippen LogP contribution in [-0.4, -0.2) is 33.6 Å². The molecule has 0 aromatic heterocycles. The van der Waals surface area contributed by atoms with Crippen LogP contribution in [0, 0.1) is 15.9 Å². The number of halogens is 2. The molecular formula is C18H13ClFN3O5S. The van der Waals surface area contributed by atoms with Crippen LogP contribution in [0.2, 0.25) is 5.02 Å². The van der Waals surface area contributed by atoms with Gasteiger partial charge < -0.3 is 5.32 Å². The number of anilines is 2. The fraction of sp³-hybridized carbons (Fsp3) is 0.167. The van der Waals surface area contributed by atoms with Gasteiger partial charge in [-0.3, -0.25) is 24.5 Å². The second kappa shape index (κ2) is 8.58. The first kappa shape index (κ1) is 20.7. The molecule has 0 spiro atoms. The van der Waals surface area contributed by atoms with Gasteiger partial charge in [0.25, 0.3) is 5.69 Å². The fourth-order valence-corrected chi connectivity index (χ4v) is 3.74. The summed E-state index contributed by atoms with van der Waals surface area (Å²) in [5, 5.41) is 13.1. The molecule has 29 heavy (non-hydrogen) atoms. The largest absolute Gasteiger partial charge is 0.325 e. The third-order valence-corrected chi connectivity index (χ3v) is 5.48. The van der Waals surface area contributed by atoms with E-state index < -0.39 is 45.1 Å². The first-order chi connectivity index (χ1) is 13.8. The highest BCUT2D eigenvalue weighted by Gasteiger charge is 2.41. The Labute approximate surface area is 173 Å². The van der Waals surface area contributed by atoms with Gasteiger partial charge in [-0.25, -0.2) is 9.29 Å². The van der Waals surface area contributed by atoms with Crippen molar-refractivity contribution in [2.45, 2.75) is 11.7 Å². The average molecular weight is 438 g/mol. The van der Waals surface area contributed by atoms with Crippen LogP contribution < -0.4 is 10.2 Å². The second-order valence-corrected chi connectivity index (χ2v) is 7.65. The molecule has 1 aliphatic heterocycles. The molecule has 1 saturated heterocycles. The molecule has 0 bridgehead atoms. The highest BCUT2D eigenvalue weighted by Crippen LogP contribution is 2.33. The van der Waals surface area contributed by atoms with Crippen molar-refractivity contribution in [3.05, 3.63) is 63.4 Å². The molecule has 1 aliphatic rings. The normalized spacial score (nSPS) is 16.2. The number of thioether (sulfide) groups is 1. The average Bonchev–Trinajstić information content (AvgIpc) is 2.96. The van der Waals surface area contributed by atoms with Crippen molar-refractivity contribution in [3.8, 4) is 0 Å². The van der Waals surface area contributed by atoms with Crippen LogP contribution in [0.4, 0.5) is 21.5 Å². The quantitative estimate of drug-likeness (QED) is 0.421. The van der Waals surface area contributed by atoms with Gasteiger partial charge in [-0.2, -0.15) is 0 Å². The van der Waals surface area contributed by atoms with Crippen LogP contribution >= 0.6 is 23.4 Å². The molecule has 1 atom stereocenters. The molecule has 11 heteroatoms. The smallest absolute Gasteiger partial charge is 0.271 e. The zero-order valence-corrected chi connectivity index (χ0v) is 16.2. The van der Waals surface area contributed by atoms with E-state index in [0.717, 1.165) is 30.0 Å². The molecule has 3 rings (SSSR count). The topological polar surface area (TPSA) is 110 Å². The van der Waals surface area contributed by atoms with E-state index in [9.17, 15) is 28.9 Å². The van der Waals surface area contributed by atoms with Gasteiger partial charge >= 0.3 is 0 Å². The number of carbonyl (C=O) groups excluding carboxylic acids is 3. The minimum Gasteiger partial charge on any atom is -0.325 e. The standard InChI is InChI=1S/C18H13ClFN3O5S/c19-10-1-3-11(4-2-10)21-16(24)9-29-15-8-17(25)22(18(15)26)14-7-12(23(27)28)5-6-13(14)20/h1-7,15H,8-9H2,(H,21,24). The van der Waals surface area contributed by atoms with Crippen molar-refractivity contribution >= 4 is 58.1 Å². The number of nitrogens with zero attached hydrogens (tertiary/aromatic N) is 2. The lowest BCUT2D eigenvalue weighted by atomic mass is 10.2. The lowest BCUT2D eigenvalue weighted by Crippen LogP contribution is -2.32. The van der Waals surface area contributed by atoms with E-state index in [0.29, 0.717) is 15.6 Å². The van der Waals surface area contributed by atoms with Crippen molar-refractivity contribution in [1.82, 2.24) is 0 Å². The van der Waals surface area contributed by atoms with E-state index in [1.165, 1.54) is 0 Å². The molecule has 0 radical (unpaired) electrons. The second-order valence-electron chi connectivity index (χ2n) is 6.02. The number of amides is 3. The molecule has 8 nitrogen and oxygen atoms in total. The van der Waals surface area contributed by atoms with Gasteiger partial charge in [-0.1, -0.05) is 11.6 Å². The zero-order chi connectivity index (χ0) is 21.1. The van der Waals surface area contributed by atoms with Crippen LogP contribution in [0.3, 0.4) is 0 Å². The number of imide groups is 1. The molecule has 2 aromatic carbocycles. The lowest BCUT2D eigenvalue weighted by molar-refractivity contribution is -0.384. The molecule has 1 fully saturated rings.